The lowest BCUT2D eigenvalue weighted by molar-refractivity contribution is -0.171. The summed E-state index contributed by atoms with van der Waals surface area (Å²) in [5.41, 5.74) is 3.81. The number of piperidine rings is 1. The summed E-state index contributed by atoms with van der Waals surface area (Å²) in [6.07, 6.45) is 4.47. The zero-order chi connectivity index (χ0) is 32.2. The molecular weight excluding hydrogens is 564 g/mol. The van der Waals surface area contributed by atoms with Crippen LogP contribution in [0, 0.1) is 24.0 Å². The van der Waals surface area contributed by atoms with E-state index in [9.17, 15) is 13.6 Å². The van der Waals surface area contributed by atoms with Crippen molar-refractivity contribution in [1.82, 2.24) is 9.97 Å². The Morgan fingerprint density at radius 2 is 1.68 bits per heavy atom. The minimum absolute atomic E-state index is 0.214. The first-order chi connectivity index (χ1) is 20.6. The van der Waals surface area contributed by atoms with E-state index >= 15 is 0 Å². The molecule has 0 amide bonds. The van der Waals surface area contributed by atoms with Gasteiger partial charge in [-0.1, -0.05) is 13.8 Å². The number of anilines is 1. The Morgan fingerprint density at radius 3 is 2.25 bits per heavy atom. The standard InChI is InChI=1S/C35H45F2N3O4/c1-22(2)43-33(41)32(44-34(4,5)6)30-23(3)38-21-28(31(30)40-14-12-35(7,8)13-15-40)29-10-9-27(20-39-29)42-16-11-24-17-25(36)19-26(37)18-24/h9-10,17-22,32H,11-16H2,1-8H3/t32-/m0/s1. The van der Waals surface area contributed by atoms with Gasteiger partial charge in [0.25, 0.3) is 0 Å². The van der Waals surface area contributed by atoms with Gasteiger partial charge in [-0.2, -0.15) is 0 Å². The summed E-state index contributed by atoms with van der Waals surface area (Å²) < 4.78 is 45.0. The molecule has 0 bridgehead atoms. The number of benzene rings is 1. The number of hydrogen-bond donors (Lipinski definition) is 0. The van der Waals surface area contributed by atoms with Gasteiger partial charge in [-0.25, -0.2) is 13.6 Å². The lowest BCUT2D eigenvalue weighted by atomic mass is 9.82. The lowest BCUT2D eigenvalue weighted by Gasteiger charge is -2.41. The molecule has 0 saturated carbocycles. The fourth-order valence-electron chi connectivity index (χ4n) is 5.33. The fourth-order valence-corrected chi connectivity index (χ4v) is 5.33. The van der Waals surface area contributed by atoms with Crippen LogP contribution in [0.4, 0.5) is 14.5 Å². The number of ether oxygens (including phenoxy) is 3. The smallest absolute Gasteiger partial charge is 0.340 e. The number of aryl methyl sites for hydroxylation is 1. The van der Waals surface area contributed by atoms with Crippen LogP contribution in [0.3, 0.4) is 0 Å². The van der Waals surface area contributed by atoms with Gasteiger partial charge in [0.2, 0.25) is 0 Å². The Labute approximate surface area is 260 Å². The number of carbonyl (C=O) groups is 1. The molecule has 1 fully saturated rings. The molecule has 7 nitrogen and oxygen atoms in total. The molecule has 3 aromatic rings. The van der Waals surface area contributed by atoms with Crippen molar-refractivity contribution in [3.63, 3.8) is 0 Å². The summed E-state index contributed by atoms with van der Waals surface area (Å²) in [5, 5.41) is 0. The van der Waals surface area contributed by atoms with E-state index in [1.807, 2.05) is 53.7 Å². The summed E-state index contributed by atoms with van der Waals surface area (Å²) in [6.45, 7) is 17.7. The number of esters is 1. The Morgan fingerprint density at radius 1 is 1.02 bits per heavy atom. The quantitative estimate of drug-likeness (QED) is 0.217. The minimum atomic E-state index is -0.981. The van der Waals surface area contributed by atoms with Crippen LogP contribution in [0.5, 0.6) is 5.75 Å². The molecule has 1 aliphatic rings. The van der Waals surface area contributed by atoms with Crippen LogP contribution >= 0.6 is 0 Å². The predicted octanol–water partition coefficient (Wildman–Crippen LogP) is 7.79. The second kappa shape index (κ2) is 13.6. The predicted molar refractivity (Wildman–Crippen MR) is 168 cm³/mol. The molecule has 44 heavy (non-hydrogen) atoms. The molecule has 1 atom stereocenters. The van der Waals surface area contributed by atoms with Crippen molar-refractivity contribution in [1.29, 1.82) is 0 Å². The van der Waals surface area contributed by atoms with Crippen molar-refractivity contribution in [2.75, 3.05) is 24.6 Å². The summed E-state index contributed by atoms with van der Waals surface area (Å²) >= 11 is 0. The second-order valence-corrected chi connectivity index (χ2v) is 13.5. The van der Waals surface area contributed by atoms with Gasteiger partial charge in [0, 0.05) is 48.6 Å². The Kier molecular flexibility index (Phi) is 10.3. The molecule has 9 heteroatoms. The highest BCUT2D eigenvalue weighted by atomic mass is 19.1. The van der Waals surface area contributed by atoms with E-state index in [2.05, 4.69) is 18.7 Å². The highest BCUT2D eigenvalue weighted by Crippen LogP contribution is 2.43. The van der Waals surface area contributed by atoms with Gasteiger partial charge in [0.1, 0.15) is 17.4 Å². The van der Waals surface area contributed by atoms with Crippen molar-refractivity contribution in [3.8, 4) is 17.0 Å². The third kappa shape index (κ3) is 8.74. The summed E-state index contributed by atoms with van der Waals surface area (Å²) in [6, 6.07) is 7.12. The lowest BCUT2D eigenvalue weighted by Crippen LogP contribution is -2.39. The topological polar surface area (TPSA) is 73.8 Å². The van der Waals surface area contributed by atoms with Crippen molar-refractivity contribution >= 4 is 11.7 Å². The van der Waals surface area contributed by atoms with Crippen LogP contribution < -0.4 is 9.64 Å². The van der Waals surface area contributed by atoms with E-state index < -0.39 is 29.3 Å². The first-order valence-corrected chi connectivity index (χ1v) is 15.3. The van der Waals surface area contributed by atoms with Crippen LogP contribution in [0.25, 0.3) is 11.3 Å². The molecule has 238 valence electrons. The average molecular weight is 610 g/mol. The first kappa shape index (κ1) is 33.3. The van der Waals surface area contributed by atoms with E-state index in [0.29, 0.717) is 34.7 Å². The van der Waals surface area contributed by atoms with Gasteiger partial charge in [-0.05, 0) is 89.6 Å². The van der Waals surface area contributed by atoms with Gasteiger partial charge < -0.3 is 19.1 Å². The van der Waals surface area contributed by atoms with Crippen LogP contribution in [-0.2, 0) is 20.7 Å². The minimum Gasteiger partial charge on any atom is -0.492 e. The Bertz CT molecular complexity index is 1420. The van der Waals surface area contributed by atoms with Gasteiger partial charge in [0.05, 0.1) is 35.9 Å². The van der Waals surface area contributed by atoms with Crippen molar-refractivity contribution in [2.24, 2.45) is 5.41 Å². The summed E-state index contributed by atoms with van der Waals surface area (Å²) in [5.74, 6) is -1.15. The van der Waals surface area contributed by atoms with E-state index in [4.69, 9.17) is 24.2 Å². The maximum Gasteiger partial charge on any atom is 0.340 e. The number of carbonyl (C=O) groups excluding carboxylic acids is 1. The number of halogens is 2. The zero-order valence-electron chi connectivity index (χ0n) is 27.2. The third-order valence-electron chi connectivity index (χ3n) is 7.61. The Balaban J connectivity index is 1.70. The van der Waals surface area contributed by atoms with Crippen LogP contribution in [-0.4, -0.2) is 47.3 Å². The van der Waals surface area contributed by atoms with E-state index in [0.717, 1.165) is 43.2 Å². The van der Waals surface area contributed by atoms with Gasteiger partial charge >= 0.3 is 5.97 Å². The SMILES string of the molecule is Cc1ncc(-c2ccc(OCCc3cc(F)cc(F)c3)cn2)c(N2CCC(C)(C)CC2)c1[C@H](OC(C)(C)C)C(=O)OC(C)C. The van der Waals surface area contributed by atoms with Crippen LogP contribution in [0.15, 0.2) is 42.7 Å². The average Bonchev–Trinajstić information content (AvgIpc) is 2.91. The summed E-state index contributed by atoms with van der Waals surface area (Å²) in [4.78, 5) is 25.3. The number of nitrogens with zero attached hydrogens (tertiary/aromatic N) is 3. The van der Waals surface area contributed by atoms with E-state index in [-0.39, 0.29) is 18.1 Å². The molecular formula is C35H45F2N3O4. The molecule has 0 N–H and O–H groups in total. The molecule has 1 aliphatic heterocycles. The maximum atomic E-state index is 13.6. The van der Waals surface area contributed by atoms with E-state index in [1.165, 1.54) is 12.1 Å². The zero-order valence-corrected chi connectivity index (χ0v) is 27.2. The molecule has 1 aromatic carbocycles. The monoisotopic (exact) mass is 609 g/mol. The first-order valence-electron chi connectivity index (χ1n) is 15.3. The number of rotatable bonds is 10. The summed E-state index contributed by atoms with van der Waals surface area (Å²) in [7, 11) is 0. The van der Waals surface area contributed by atoms with Gasteiger partial charge in [-0.3, -0.25) is 9.97 Å². The van der Waals surface area contributed by atoms with E-state index in [1.54, 1.807) is 12.4 Å². The Hall–Kier alpha value is -3.59. The normalized spacial score (nSPS) is 15.8. The molecule has 3 heterocycles. The van der Waals surface area contributed by atoms with Crippen molar-refractivity contribution < 1.29 is 27.8 Å². The van der Waals surface area contributed by atoms with Gasteiger partial charge in [0.15, 0.2) is 6.10 Å². The van der Waals surface area contributed by atoms with Crippen molar-refractivity contribution in [3.05, 3.63) is 71.2 Å². The number of aromatic nitrogens is 2. The molecule has 1 saturated heterocycles. The molecule has 0 spiro atoms. The van der Waals surface area contributed by atoms with Crippen molar-refractivity contribution in [2.45, 2.75) is 92.5 Å². The third-order valence-corrected chi connectivity index (χ3v) is 7.61. The second-order valence-electron chi connectivity index (χ2n) is 13.5. The number of pyridine rings is 2. The molecule has 0 radical (unpaired) electrons. The molecule has 0 aliphatic carbocycles. The maximum absolute atomic E-state index is 13.6. The largest absolute Gasteiger partial charge is 0.492 e. The number of hydrogen-bond acceptors (Lipinski definition) is 7. The molecule has 0 unspecified atom stereocenters. The van der Waals surface area contributed by atoms with Crippen LogP contribution in [0.2, 0.25) is 0 Å². The van der Waals surface area contributed by atoms with Crippen LogP contribution in [0.1, 0.15) is 84.2 Å². The van der Waals surface area contributed by atoms with Gasteiger partial charge in [-0.15, -0.1) is 0 Å². The highest BCUT2D eigenvalue weighted by Gasteiger charge is 2.37. The molecule has 4 rings (SSSR count). The molecule has 2 aromatic heterocycles. The fraction of sp³-hybridized carbons (Fsp3) is 0.514. The highest BCUT2D eigenvalue weighted by molar-refractivity contribution is 5.86.